The van der Waals surface area contributed by atoms with Crippen LogP contribution in [-0.2, 0) is 13.2 Å². The van der Waals surface area contributed by atoms with E-state index in [0.717, 1.165) is 97.3 Å². The Labute approximate surface area is 699 Å². The number of fused-ring (bicyclic) bond motifs is 7. The van der Waals surface area contributed by atoms with Crippen LogP contribution < -0.4 is 0 Å². The van der Waals surface area contributed by atoms with E-state index < -0.39 is 47.3 Å². The highest BCUT2D eigenvalue weighted by Crippen LogP contribution is 2.33. The molecule has 121 heavy (non-hydrogen) atoms. The molecular weight excluding hydrogens is 1650 g/mol. The lowest BCUT2D eigenvalue weighted by Crippen LogP contribution is -1.96. The van der Waals surface area contributed by atoms with Gasteiger partial charge in [-0.15, -0.1) is 0 Å². The van der Waals surface area contributed by atoms with Crippen molar-refractivity contribution < 1.29 is 40.9 Å². The first-order chi connectivity index (χ1) is 58.8. The van der Waals surface area contributed by atoms with Gasteiger partial charge in [0.2, 0.25) is 0 Å². The average Bonchev–Trinajstić information content (AvgIpc) is 1.64. The number of rotatable bonds is 9. The summed E-state index contributed by atoms with van der Waals surface area (Å²) in [4.78, 5) is 80.3. The Kier molecular flexibility index (Phi) is 24.9. The van der Waals surface area contributed by atoms with Gasteiger partial charge in [0, 0.05) is 82.7 Å². The SMILES string of the molecule is Cc1ccc2nc(-c3ccccn3)[nH]c2c1.Clc1cc(Cl)c2nc(-c3ccccn3)[nH]c2c1.Clc1ccc2nc(-c3ccccn3)[nH]c2c1.Fc1cc2[nH]c(-c3ccccn3)nc2c(F)c1F.Fc1cc2nc(-c3ccccn3)[nH]c2cc1F.OCc1c(F)cc2[nH]c(-c3ccccn3)nc2c1F.OCc1cc2[nH]c(-c3ccccn3)nc2cc1Cl. The number of hydrogen-bond donors (Lipinski definition) is 9. The molecule has 9 N–H and O–H groups in total. The standard InChI is InChI=1S/C13H10ClN3O.C13H9F2N3O.C13H11N3.C12H7Cl2N3.C12H8ClN3.C12H6F3N3.C12H7F2N3/c14-9-6-12-11(5-8(9)7-18)16-13(17-12)10-3-1-2-4-15-10;14-8-5-10-12(11(15)7(8)6-19)18-13(17-10)9-3-1-2-4-16-9;1-9-5-6-10-12(8-9)16-13(15-10)11-4-2-3-7-14-11;13-7-5-8(14)11-10(6-7)16-12(17-11)9-3-1-2-4-15-9;13-8-4-5-9-11(7-8)16-12(15-9)10-3-1-2-6-14-10;13-6-5-8-11(10(15)9(6)14)18-12(17-8)7-3-1-2-4-16-7;13-7-5-10-11(6-8(7)14)17-12(16-10)9-3-1-2-4-15-9/h1-6,18H,7H2,(H,16,17);1-5,19H,6H2,(H,17,18);2-8H,1H3,(H,15,16);1-6H,(H,16,17);1-7H,(H,15,16);1-5H,(H,17,18);1-6H,(H,16,17). The van der Waals surface area contributed by atoms with Gasteiger partial charge in [0.25, 0.3) is 0 Å². The second-order valence-corrected chi connectivity index (χ2v) is 27.7. The molecule has 0 radical (unpaired) electrons. The second-order valence-electron chi connectivity index (χ2n) is 26.1. The van der Waals surface area contributed by atoms with Crippen LogP contribution in [0.25, 0.3) is 158 Å². The Morgan fingerprint density at radius 1 is 0.273 bits per heavy atom. The summed E-state index contributed by atoms with van der Waals surface area (Å²) in [5.74, 6) is -3.48. The lowest BCUT2D eigenvalue weighted by Gasteiger charge is -2.00. The molecule has 0 atom stereocenters. The summed E-state index contributed by atoms with van der Waals surface area (Å²) in [6.45, 7) is 1.27. The lowest BCUT2D eigenvalue weighted by atomic mass is 10.2. The number of aliphatic hydroxyl groups excluding tert-OH is 2. The molecule has 0 bridgehead atoms. The third kappa shape index (κ3) is 19.0. The molecule has 600 valence electrons. The molecule has 0 saturated heterocycles. The van der Waals surface area contributed by atoms with Crippen LogP contribution in [-0.4, -0.2) is 115 Å². The van der Waals surface area contributed by atoms with Crippen LogP contribution in [0, 0.1) is 47.6 Å². The Morgan fingerprint density at radius 3 is 1.04 bits per heavy atom. The van der Waals surface area contributed by atoms with Gasteiger partial charge in [0.1, 0.15) is 62.2 Å². The van der Waals surface area contributed by atoms with Crippen molar-refractivity contribution in [1.82, 2.24) is 105 Å². The van der Waals surface area contributed by atoms with E-state index in [9.17, 15) is 35.8 Å². The lowest BCUT2D eigenvalue weighted by molar-refractivity contribution is 0.269. The molecule has 34 heteroatoms. The average molecular weight is 1700 g/mol. The number of hydrogen-bond acceptors (Lipinski definition) is 16. The molecule has 0 spiro atoms. The quantitative estimate of drug-likeness (QED) is 0.0479. The van der Waals surface area contributed by atoms with Gasteiger partial charge < -0.3 is 45.1 Å². The number of nitrogens with zero attached hydrogens (tertiary/aromatic N) is 14. The summed E-state index contributed by atoms with van der Waals surface area (Å²) in [5.41, 5.74) is 14.3. The molecule has 21 rings (SSSR count). The van der Waals surface area contributed by atoms with Gasteiger partial charge in [-0.3, -0.25) is 34.9 Å². The first kappa shape index (κ1) is 81.6. The minimum atomic E-state index is -1.53. The van der Waals surface area contributed by atoms with E-state index in [1.807, 2.05) is 103 Å². The van der Waals surface area contributed by atoms with Crippen molar-refractivity contribution in [1.29, 1.82) is 0 Å². The highest BCUT2D eigenvalue weighted by atomic mass is 35.5. The normalized spacial score (nSPS) is 11.0. The molecule has 0 saturated carbocycles. The molecule has 14 aromatic heterocycles. The van der Waals surface area contributed by atoms with Crippen LogP contribution in [0.5, 0.6) is 0 Å². The summed E-state index contributed by atoms with van der Waals surface area (Å²) < 4.78 is 93.1. The Hall–Kier alpha value is -14.5. The zero-order valence-electron chi connectivity index (χ0n) is 62.5. The maximum atomic E-state index is 14.0. The van der Waals surface area contributed by atoms with E-state index in [0.29, 0.717) is 82.6 Å². The number of imidazole rings is 7. The van der Waals surface area contributed by atoms with E-state index in [1.165, 1.54) is 5.56 Å². The van der Waals surface area contributed by atoms with E-state index in [4.69, 9.17) is 51.5 Å². The smallest absolute Gasteiger partial charge is 0.196 e. The summed E-state index contributed by atoms with van der Waals surface area (Å²) >= 11 is 23.9. The minimum absolute atomic E-state index is 0.00824. The van der Waals surface area contributed by atoms with E-state index in [-0.39, 0.29) is 40.1 Å². The maximum Gasteiger partial charge on any atom is 0.196 e. The van der Waals surface area contributed by atoms with Crippen molar-refractivity contribution in [2.45, 2.75) is 20.1 Å². The zero-order valence-corrected chi connectivity index (χ0v) is 65.5. The number of aromatic nitrogens is 21. The summed E-state index contributed by atoms with van der Waals surface area (Å²) in [5, 5.41) is 20.5. The molecule has 0 fully saturated rings. The maximum absolute atomic E-state index is 14.0. The molecule has 23 nitrogen and oxygen atoms in total. The van der Waals surface area contributed by atoms with Gasteiger partial charge >= 0.3 is 0 Å². The van der Waals surface area contributed by atoms with Gasteiger partial charge in [-0.25, -0.2) is 65.6 Å². The summed E-state index contributed by atoms with van der Waals surface area (Å²) in [6.07, 6.45) is 11.7. The van der Waals surface area contributed by atoms with Crippen LogP contribution in [0.15, 0.2) is 256 Å². The van der Waals surface area contributed by atoms with Crippen molar-refractivity contribution in [2.24, 2.45) is 0 Å². The fourth-order valence-electron chi connectivity index (χ4n) is 12.0. The minimum Gasteiger partial charge on any atom is -0.392 e. The number of aryl methyl sites for hydroxylation is 1. The number of nitrogens with one attached hydrogen (secondary N) is 7. The molecule has 21 aromatic rings. The molecule has 7 aromatic carbocycles. The fourth-order valence-corrected chi connectivity index (χ4v) is 13.0. The van der Waals surface area contributed by atoms with E-state index in [2.05, 4.69) is 124 Å². The third-order valence-corrected chi connectivity index (χ3v) is 18.9. The molecule has 0 aliphatic carbocycles. The predicted molar refractivity (Wildman–Crippen MR) is 452 cm³/mol. The molecular formula is C87H58Cl4F7N21O2. The van der Waals surface area contributed by atoms with Crippen molar-refractivity contribution in [3.63, 3.8) is 0 Å². The van der Waals surface area contributed by atoms with Crippen molar-refractivity contribution >= 4 is 124 Å². The second kappa shape index (κ2) is 37.0. The number of pyridine rings is 7. The van der Waals surface area contributed by atoms with Gasteiger partial charge in [0.15, 0.2) is 75.7 Å². The molecule has 14 heterocycles. The summed E-state index contributed by atoms with van der Waals surface area (Å²) in [7, 11) is 0. The molecule has 0 aliphatic heterocycles. The molecule has 0 aliphatic rings. The van der Waals surface area contributed by atoms with Crippen molar-refractivity contribution in [2.75, 3.05) is 0 Å². The van der Waals surface area contributed by atoms with Gasteiger partial charge in [0.05, 0.1) is 84.5 Å². The van der Waals surface area contributed by atoms with Crippen LogP contribution in [0.4, 0.5) is 30.7 Å². The van der Waals surface area contributed by atoms with Crippen LogP contribution in [0.1, 0.15) is 16.7 Å². The number of halogens is 11. The highest BCUT2D eigenvalue weighted by molar-refractivity contribution is 6.38. The highest BCUT2D eigenvalue weighted by Gasteiger charge is 2.21. The Morgan fingerprint density at radius 2 is 0.612 bits per heavy atom. The van der Waals surface area contributed by atoms with E-state index >= 15 is 0 Å². The van der Waals surface area contributed by atoms with Crippen LogP contribution >= 0.6 is 46.4 Å². The van der Waals surface area contributed by atoms with E-state index in [1.54, 1.807) is 116 Å². The first-order valence-corrected chi connectivity index (χ1v) is 37.8. The van der Waals surface area contributed by atoms with Crippen LogP contribution in [0.3, 0.4) is 0 Å². The van der Waals surface area contributed by atoms with Gasteiger partial charge in [-0.05, 0) is 158 Å². The largest absolute Gasteiger partial charge is 0.392 e. The predicted octanol–water partition coefficient (Wildman–Crippen LogP) is 21.3. The summed E-state index contributed by atoms with van der Waals surface area (Å²) in [6, 6.07) is 61.4. The number of H-pyrrole nitrogens is 7. The molecule has 0 unspecified atom stereocenters. The van der Waals surface area contributed by atoms with Crippen LogP contribution in [0.2, 0.25) is 20.1 Å². The topological polar surface area (TPSA) is 331 Å². The van der Waals surface area contributed by atoms with Crippen molar-refractivity contribution in [3.05, 3.63) is 333 Å². The van der Waals surface area contributed by atoms with Crippen molar-refractivity contribution in [3.8, 4) is 80.6 Å². The number of aliphatic hydroxyl groups is 2. The Bertz CT molecular complexity index is 7030. The first-order valence-electron chi connectivity index (χ1n) is 36.3. The zero-order chi connectivity index (χ0) is 84.2. The van der Waals surface area contributed by atoms with Gasteiger partial charge in [-0.2, -0.15) is 0 Å². The third-order valence-electron chi connectivity index (χ3n) is 17.8. The number of aromatic amines is 7. The van der Waals surface area contributed by atoms with Gasteiger partial charge in [-0.1, -0.05) is 94.9 Å². The number of benzene rings is 7. The Balaban J connectivity index is 0.000000110. The molecule has 0 amide bonds. The monoisotopic (exact) mass is 1700 g/mol. The fraction of sp³-hybridized carbons (Fsp3) is 0.0345.